The lowest BCUT2D eigenvalue weighted by Gasteiger charge is -2.27. The van der Waals surface area contributed by atoms with Gasteiger partial charge in [0.05, 0.1) is 29.3 Å². The van der Waals surface area contributed by atoms with E-state index < -0.39 is 0 Å². The van der Waals surface area contributed by atoms with Gasteiger partial charge in [-0.05, 0) is 29.3 Å². The molecule has 154 valence electrons. The SMILES string of the molecule is CC(=Cc1ccc(-c2cc(CN3CCOCC3)c3ccc(Cl)cc3n2)cc1)[N+](=O)[O-]. The Morgan fingerprint density at radius 2 is 1.93 bits per heavy atom. The number of nitro groups is 1. The van der Waals surface area contributed by atoms with E-state index in [1.165, 1.54) is 12.5 Å². The highest BCUT2D eigenvalue weighted by Crippen LogP contribution is 2.28. The summed E-state index contributed by atoms with van der Waals surface area (Å²) in [6.45, 7) is 5.62. The molecule has 2 heterocycles. The van der Waals surface area contributed by atoms with Gasteiger partial charge in [-0.25, -0.2) is 4.98 Å². The lowest BCUT2D eigenvalue weighted by Crippen LogP contribution is -2.35. The van der Waals surface area contributed by atoms with E-state index in [0.29, 0.717) is 5.02 Å². The fourth-order valence-corrected chi connectivity index (χ4v) is 3.76. The number of halogens is 1. The Morgan fingerprint density at radius 3 is 2.63 bits per heavy atom. The maximum absolute atomic E-state index is 10.8. The number of hydrogen-bond donors (Lipinski definition) is 0. The molecule has 6 nitrogen and oxygen atoms in total. The zero-order valence-electron chi connectivity index (χ0n) is 16.7. The van der Waals surface area contributed by atoms with E-state index in [-0.39, 0.29) is 10.6 Å². The highest BCUT2D eigenvalue weighted by atomic mass is 35.5. The molecule has 0 bridgehead atoms. The third-order valence-electron chi connectivity index (χ3n) is 5.23. The summed E-state index contributed by atoms with van der Waals surface area (Å²) in [4.78, 5) is 17.7. The number of morpholine rings is 1. The molecule has 30 heavy (non-hydrogen) atoms. The van der Waals surface area contributed by atoms with E-state index in [4.69, 9.17) is 21.3 Å². The minimum Gasteiger partial charge on any atom is -0.379 e. The van der Waals surface area contributed by atoms with Crippen LogP contribution in [0.25, 0.3) is 28.2 Å². The summed E-state index contributed by atoms with van der Waals surface area (Å²) in [7, 11) is 0. The number of rotatable bonds is 5. The van der Waals surface area contributed by atoms with Crippen LogP contribution < -0.4 is 0 Å². The molecule has 3 aromatic rings. The first kappa shape index (κ1) is 20.5. The van der Waals surface area contributed by atoms with Crippen LogP contribution in [0.15, 0.2) is 54.2 Å². The third-order valence-corrected chi connectivity index (χ3v) is 5.46. The average molecular weight is 424 g/mol. The maximum atomic E-state index is 10.8. The largest absolute Gasteiger partial charge is 0.379 e. The van der Waals surface area contributed by atoms with Crippen LogP contribution in [0.2, 0.25) is 5.02 Å². The van der Waals surface area contributed by atoms with Crippen molar-refractivity contribution < 1.29 is 9.66 Å². The molecular weight excluding hydrogens is 402 g/mol. The zero-order valence-corrected chi connectivity index (χ0v) is 17.4. The van der Waals surface area contributed by atoms with Crippen molar-refractivity contribution in [3.05, 3.63) is 80.5 Å². The highest BCUT2D eigenvalue weighted by Gasteiger charge is 2.15. The standard InChI is InChI=1S/C23H22ClN3O3/c1-16(27(28)29)12-17-2-4-18(5-3-17)22-13-19(15-26-8-10-30-11-9-26)21-7-6-20(24)14-23(21)25-22/h2-7,12-14H,8-11,15H2,1H3. The summed E-state index contributed by atoms with van der Waals surface area (Å²) in [5.74, 6) is 0. The minimum atomic E-state index is -0.388. The van der Waals surface area contributed by atoms with E-state index in [1.54, 1.807) is 6.08 Å². The second-order valence-corrected chi connectivity index (χ2v) is 7.82. The van der Waals surface area contributed by atoms with Crippen LogP contribution in [0.4, 0.5) is 0 Å². The molecule has 0 aliphatic carbocycles. The van der Waals surface area contributed by atoms with Crippen molar-refractivity contribution in [2.45, 2.75) is 13.5 Å². The van der Waals surface area contributed by atoms with Crippen LogP contribution in [0.3, 0.4) is 0 Å². The Kier molecular flexibility index (Phi) is 6.08. The van der Waals surface area contributed by atoms with Crippen molar-refractivity contribution in [1.82, 2.24) is 9.88 Å². The van der Waals surface area contributed by atoms with Gasteiger partial charge in [-0.1, -0.05) is 41.9 Å². The molecule has 0 radical (unpaired) electrons. The number of ether oxygens (including phenoxy) is 1. The van der Waals surface area contributed by atoms with Gasteiger partial charge < -0.3 is 4.74 Å². The third kappa shape index (κ3) is 4.67. The molecule has 7 heteroatoms. The Bertz CT molecular complexity index is 1110. The maximum Gasteiger partial charge on any atom is 0.243 e. The van der Waals surface area contributed by atoms with E-state index in [1.807, 2.05) is 42.5 Å². The van der Waals surface area contributed by atoms with E-state index in [2.05, 4.69) is 11.0 Å². The first-order valence-electron chi connectivity index (χ1n) is 9.82. The van der Waals surface area contributed by atoms with Gasteiger partial charge >= 0.3 is 0 Å². The van der Waals surface area contributed by atoms with E-state index >= 15 is 0 Å². The molecule has 1 aromatic heterocycles. The molecular formula is C23H22ClN3O3. The van der Waals surface area contributed by atoms with Crippen LogP contribution in [-0.4, -0.2) is 41.1 Å². The van der Waals surface area contributed by atoms with Crippen LogP contribution in [0, 0.1) is 10.1 Å². The van der Waals surface area contributed by atoms with Gasteiger partial charge in [-0.15, -0.1) is 0 Å². The quantitative estimate of drug-likeness (QED) is 0.425. The Hall–Kier alpha value is -2.80. The van der Waals surface area contributed by atoms with E-state index in [0.717, 1.165) is 60.6 Å². The number of nitrogens with zero attached hydrogens (tertiary/aromatic N) is 3. The lowest BCUT2D eigenvalue weighted by atomic mass is 10.0. The van der Waals surface area contributed by atoms with Crippen molar-refractivity contribution in [2.24, 2.45) is 0 Å². The molecule has 1 aliphatic heterocycles. The van der Waals surface area contributed by atoms with Crippen molar-refractivity contribution in [3.8, 4) is 11.3 Å². The summed E-state index contributed by atoms with van der Waals surface area (Å²) < 4.78 is 5.47. The molecule has 0 atom stereocenters. The van der Waals surface area contributed by atoms with Gasteiger partial charge in [0.1, 0.15) is 0 Å². The van der Waals surface area contributed by atoms with E-state index in [9.17, 15) is 10.1 Å². The van der Waals surface area contributed by atoms with Crippen LogP contribution in [0.5, 0.6) is 0 Å². The molecule has 1 aliphatic rings. The van der Waals surface area contributed by atoms with Crippen molar-refractivity contribution >= 4 is 28.6 Å². The number of pyridine rings is 1. The molecule has 2 aromatic carbocycles. The van der Waals surface area contributed by atoms with Gasteiger partial charge in [0, 0.05) is 48.6 Å². The van der Waals surface area contributed by atoms with Gasteiger partial charge in [-0.3, -0.25) is 15.0 Å². The summed E-state index contributed by atoms with van der Waals surface area (Å²) in [5, 5.41) is 12.6. The Balaban J connectivity index is 1.71. The highest BCUT2D eigenvalue weighted by molar-refractivity contribution is 6.31. The van der Waals surface area contributed by atoms with Gasteiger partial charge in [0.2, 0.25) is 5.70 Å². The normalized spacial score (nSPS) is 15.5. The lowest BCUT2D eigenvalue weighted by molar-refractivity contribution is -0.422. The fraction of sp³-hybridized carbons (Fsp3) is 0.261. The molecule has 0 amide bonds. The van der Waals surface area contributed by atoms with Gasteiger partial charge in [0.15, 0.2) is 0 Å². The second kappa shape index (κ2) is 8.92. The van der Waals surface area contributed by atoms with Gasteiger partial charge in [0.25, 0.3) is 0 Å². The number of allylic oxidation sites excluding steroid dienone is 1. The molecule has 0 spiro atoms. The fourth-order valence-electron chi connectivity index (χ4n) is 3.60. The molecule has 0 unspecified atom stereocenters. The summed E-state index contributed by atoms with van der Waals surface area (Å²) in [6.07, 6.45) is 1.56. The first-order chi connectivity index (χ1) is 14.5. The summed E-state index contributed by atoms with van der Waals surface area (Å²) in [6, 6.07) is 15.6. The number of fused-ring (bicyclic) bond motifs is 1. The Morgan fingerprint density at radius 1 is 1.20 bits per heavy atom. The second-order valence-electron chi connectivity index (χ2n) is 7.38. The number of aromatic nitrogens is 1. The van der Waals surface area contributed by atoms with Crippen LogP contribution in [-0.2, 0) is 11.3 Å². The van der Waals surface area contributed by atoms with Crippen LogP contribution >= 0.6 is 11.6 Å². The molecule has 0 saturated carbocycles. The zero-order chi connectivity index (χ0) is 21.1. The number of hydrogen-bond acceptors (Lipinski definition) is 5. The molecule has 1 fully saturated rings. The summed E-state index contributed by atoms with van der Waals surface area (Å²) >= 11 is 6.23. The Labute approximate surface area is 179 Å². The smallest absolute Gasteiger partial charge is 0.243 e. The minimum absolute atomic E-state index is 0.106. The van der Waals surface area contributed by atoms with Crippen molar-refractivity contribution in [3.63, 3.8) is 0 Å². The molecule has 1 saturated heterocycles. The first-order valence-corrected chi connectivity index (χ1v) is 10.2. The van der Waals surface area contributed by atoms with Crippen molar-refractivity contribution in [1.29, 1.82) is 0 Å². The summed E-state index contributed by atoms with van der Waals surface area (Å²) in [5.41, 5.74) is 4.75. The predicted molar refractivity (Wildman–Crippen MR) is 119 cm³/mol. The topological polar surface area (TPSA) is 68.5 Å². The monoisotopic (exact) mass is 423 g/mol. The van der Waals surface area contributed by atoms with Gasteiger partial charge in [-0.2, -0.15) is 0 Å². The van der Waals surface area contributed by atoms with Crippen molar-refractivity contribution in [2.75, 3.05) is 26.3 Å². The predicted octanol–water partition coefficient (Wildman–Crippen LogP) is 5.02. The molecule has 0 N–H and O–H groups in total. The average Bonchev–Trinajstić information content (AvgIpc) is 2.74. The molecule has 4 rings (SSSR count). The van der Waals surface area contributed by atoms with Crippen LogP contribution in [0.1, 0.15) is 18.1 Å². The number of benzene rings is 2.